The highest BCUT2D eigenvalue weighted by Gasteiger charge is 2.35. The van der Waals surface area contributed by atoms with E-state index < -0.39 is 0 Å². The Morgan fingerprint density at radius 1 is 1.37 bits per heavy atom. The Bertz CT molecular complexity index is 519. The molecule has 0 saturated carbocycles. The van der Waals surface area contributed by atoms with Gasteiger partial charge in [0.1, 0.15) is 0 Å². The minimum Gasteiger partial charge on any atom is -0.349 e. The van der Waals surface area contributed by atoms with Crippen LogP contribution in [-0.2, 0) is 22.7 Å². The predicted octanol–water partition coefficient (Wildman–Crippen LogP) is 0.972. The molecule has 0 spiro atoms. The highest BCUT2D eigenvalue weighted by molar-refractivity contribution is 6.05. The number of amides is 2. The molecule has 1 aromatic heterocycles. The van der Waals surface area contributed by atoms with Crippen LogP contribution < -0.4 is 5.32 Å². The molecule has 2 rings (SSSR count). The summed E-state index contributed by atoms with van der Waals surface area (Å²) in [5.74, 6) is -0.240. The number of aromatic nitrogens is 1. The Labute approximate surface area is 113 Å². The van der Waals surface area contributed by atoms with Crippen molar-refractivity contribution in [2.24, 2.45) is 0 Å². The van der Waals surface area contributed by atoms with Crippen molar-refractivity contribution in [3.05, 3.63) is 23.0 Å². The van der Waals surface area contributed by atoms with Crippen LogP contribution in [0.2, 0.25) is 0 Å². The van der Waals surface area contributed by atoms with E-state index in [1.807, 2.05) is 0 Å². The number of hydrogen-bond donors (Lipinski definition) is 1. The molecule has 1 N–H and O–H groups in total. The summed E-state index contributed by atoms with van der Waals surface area (Å²) >= 11 is 0. The molecular formula is C14H21N3O2. The summed E-state index contributed by atoms with van der Waals surface area (Å²) in [7, 11) is 1.54. The van der Waals surface area contributed by atoms with Crippen LogP contribution in [0, 0.1) is 13.8 Å². The maximum absolute atomic E-state index is 11.8. The van der Waals surface area contributed by atoms with Gasteiger partial charge in [-0.3, -0.25) is 14.5 Å². The maximum atomic E-state index is 11.8. The van der Waals surface area contributed by atoms with Gasteiger partial charge >= 0.3 is 0 Å². The lowest BCUT2D eigenvalue weighted by Gasteiger charge is -2.11. The van der Waals surface area contributed by atoms with Gasteiger partial charge in [0.05, 0.1) is 12.5 Å². The molecule has 104 valence electrons. The van der Waals surface area contributed by atoms with Gasteiger partial charge in [-0.1, -0.05) is 0 Å². The van der Waals surface area contributed by atoms with Crippen LogP contribution in [0.5, 0.6) is 0 Å². The van der Waals surface area contributed by atoms with Gasteiger partial charge in [-0.15, -0.1) is 0 Å². The Balaban J connectivity index is 2.04. The number of imide groups is 1. The number of aryl methyl sites for hydroxylation is 1. The van der Waals surface area contributed by atoms with Crippen molar-refractivity contribution in [2.45, 2.75) is 46.3 Å². The largest absolute Gasteiger partial charge is 0.349 e. The van der Waals surface area contributed by atoms with E-state index >= 15 is 0 Å². The van der Waals surface area contributed by atoms with Gasteiger partial charge in [0.15, 0.2) is 0 Å². The summed E-state index contributed by atoms with van der Waals surface area (Å²) < 4.78 is 2.24. The number of nitrogens with zero attached hydrogens (tertiary/aromatic N) is 2. The minimum absolute atomic E-state index is 0.110. The van der Waals surface area contributed by atoms with E-state index in [9.17, 15) is 9.59 Å². The van der Waals surface area contributed by atoms with E-state index in [0.29, 0.717) is 6.54 Å². The highest BCUT2D eigenvalue weighted by Crippen LogP contribution is 2.16. The number of rotatable bonds is 4. The summed E-state index contributed by atoms with van der Waals surface area (Å²) in [6.07, 6.45) is 0.266. The Morgan fingerprint density at radius 3 is 2.53 bits per heavy atom. The standard InChI is InChI=1S/C14H21N3O2/c1-5-17-9(2)6-11(10(17)3)8-15-12-7-13(18)16(4)14(12)19/h6,12,15H,5,7-8H2,1-4H3. The summed E-state index contributed by atoms with van der Waals surface area (Å²) in [6.45, 7) is 7.85. The zero-order valence-corrected chi connectivity index (χ0v) is 12.0. The fraction of sp³-hybridized carbons (Fsp3) is 0.571. The van der Waals surface area contributed by atoms with Crippen molar-refractivity contribution < 1.29 is 9.59 Å². The van der Waals surface area contributed by atoms with E-state index in [2.05, 4.69) is 36.7 Å². The van der Waals surface area contributed by atoms with E-state index in [0.717, 1.165) is 6.54 Å². The molecule has 5 heteroatoms. The molecule has 2 heterocycles. The van der Waals surface area contributed by atoms with Crippen LogP contribution in [0.15, 0.2) is 6.07 Å². The zero-order chi connectivity index (χ0) is 14.2. The normalized spacial score (nSPS) is 19.6. The third-order valence-electron chi connectivity index (χ3n) is 3.92. The molecular weight excluding hydrogens is 242 g/mol. The van der Waals surface area contributed by atoms with E-state index in [1.165, 1.54) is 28.9 Å². The zero-order valence-electron chi connectivity index (χ0n) is 12.0. The van der Waals surface area contributed by atoms with Crippen molar-refractivity contribution in [1.82, 2.24) is 14.8 Å². The number of hydrogen-bond acceptors (Lipinski definition) is 3. The van der Waals surface area contributed by atoms with Crippen LogP contribution in [0.25, 0.3) is 0 Å². The molecule has 19 heavy (non-hydrogen) atoms. The average Bonchev–Trinajstić information content (AvgIpc) is 2.78. The highest BCUT2D eigenvalue weighted by atomic mass is 16.2. The SMILES string of the molecule is CCn1c(C)cc(CNC2CC(=O)N(C)C2=O)c1C. The quantitative estimate of drug-likeness (QED) is 0.824. The summed E-state index contributed by atoms with van der Waals surface area (Å²) in [5, 5.41) is 3.19. The molecule has 5 nitrogen and oxygen atoms in total. The Kier molecular flexibility index (Phi) is 3.75. The monoisotopic (exact) mass is 263 g/mol. The smallest absolute Gasteiger partial charge is 0.246 e. The fourth-order valence-corrected chi connectivity index (χ4v) is 2.69. The molecule has 1 aromatic rings. The van der Waals surface area contributed by atoms with Crippen molar-refractivity contribution in [1.29, 1.82) is 0 Å². The molecule has 1 atom stereocenters. The number of carbonyl (C=O) groups excluding carboxylic acids is 2. The minimum atomic E-state index is -0.373. The van der Waals surface area contributed by atoms with Crippen LogP contribution in [0.1, 0.15) is 30.3 Å². The summed E-state index contributed by atoms with van der Waals surface area (Å²) in [5.41, 5.74) is 3.63. The first kappa shape index (κ1) is 13.8. The van der Waals surface area contributed by atoms with Crippen LogP contribution in [-0.4, -0.2) is 34.4 Å². The second-order valence-electron chi connectivity index (χ2n) is 5.07. The van der Waals surface area contributed by atoms with Gasteiger partial charge in [-0.05, 0) is 32.4 Å². The second-order valence-corrected chi connectivity index (χ2v) is 5.07. The van der Waals surface area contributed by atoms with Crippen LogP contribution in [0.4, 0.5) is 0 Å². The van der Waals surface area contributed by atoms with Crippen molar-refractivity contribution in [3.63, 3.8) is 0 Å². The fourth-order valence-electron chi connectivity index (χ4n) is 2.69. The number of likely N-dealkylation sites (N-methyl/N-ethyl adjacent to an activating group) is 1. The van der Waals surface area contributed by atoms with Gasteiger partial charge in [0.2, 0.25) is 11.8 Å². The molecule has 0 aromatic carbocycles. The third-order valence-corrected chi connectivity index (χ3v) is 3.92. The van der Waals surface area contributed by atoms with E-state index in [4.69, 9.17) is 0 Å². The molecule has 0 bridgehead atoms. The lowest BCUT2D eigenvalue weighted by Crippen LogP contribution is -2.36. The van der Waals surface area contributed by atoms with Gasteiger partial charge < -0.3 is 9.88 Å². The molecule has 2 amide bonds. The van der Waals surface area contributed by atoms with Crippen molar-refractivity contribution in [2.75, 3.05) is 7.05 Å². The number of nitrogens with one attached hydrogen (secondary N) is 1. The lowest BCUT2D eigenvalue weighted by molar-refractivity contribution is -0.137. The maximum Gasteiger partial charge on any atom is 0.246 e. The lowest BCUT2D eigenvalue weighted by atomic mass is 10.2. The van der Waals surface area contributed by atoms with E-state index in [1.54, 1.807) is 0 Å². The Morgan fingerprint density at radius 2 is 2.05 bits per heavy atom. The van der Waals surface area contributed by atoms with Gasteiger partial charge in [0.25, 0.3) is 0 Å². The molecule has 0 aliphatic carbocycles. The molecule has 1 unspecified atom stereocenters. The van der Waals surface area contributed by atoms with Gasteiger partial charge in [0, 0.05) is 31.5 Å². The Hall–Kier alpha value is -1.62. The number of likely N-dealkylation sites (tertiary alicyclic amines) is 1. The van der Waals surface area contributed by atoms with Crippen LogP contribution >= 0.6 is 0 Å². The molecule has 1 aliphatic rings. The summed E-state index contributed by atoms with van der Waals surface area (Å²) in [6, 6.07) is 1.76. The summed E-state index contributed by atoms with van der Waals surface area (Å²) in [4.78, 5) is 24.4. The molecule has 0 radical (unpaired) electrons. The van der Waals surface area contributed by atoms with E-state index in [-0.39, 0.29) is 24.3 Å². The first-order chi connectivity index (χ1) is 8.95. The first-order valence-electron chi connectivity index (χ1n) is 6.65. The topological polar surface area (TPSA) is 54.3 Å². The molecule has 1 fully saturated rings. The third kappa shape index (κ3) is 2.42. The number of carbonyl (C=O) groups is 2. The molecule has 1 saturated heterocycles. The predicted molar refractivity (Wildman–Crippen MR) is 72.6 cm³/mol. The van der Waals surface area contributed by atoms with Gasteiger partial charge in [-0.2, -0.15) is 0 Å². The second kappa shape index (κ2) is 5.17. The van der Waals surface area contributed by atoms with Crippen molar-refractivity contribution in [3.8, 4) is 0 Å². The average molecular weight is 263 g/mol. The molecule has 1 aliphatic heterocycles. The van der Waals surface area contributed by atoms with Gasteiger partial charge in [-0.25, -0.2) is 0 Å². The van der Waals surface area contributed by atoms with Crippen LogP contribution in [0.3, 0.4) is 0 Å². The van der Waals surface area contributed by atoms with Crippen molar-refractivity contribution >= 4 is 11.8 Å². The first-order valence-corrected chi connectivity index (χ1v) is 6.65.